The lowest BCUT2D eigenvalue weighted by Crippen LogP contribution is -2.29. The summed E-state index contributed by atoms with van der Waals surface area (Å²) < 4.78 is 4.76. The van der Waals surface area contributed by atoms with Gasteiger partial charge in [0.2, 0.25) is 0 Å². The molecule has 68 valence electrons. The van der Waals surface area contributed by atoms with Gasteiger partial charge in [-0.05, 0) is 33.1 Å². The Balaban J connectivity index is 2.83. The molecule has 0 N–H and O–H groups in total. The summed E-state index contributed by atoms with van der Waals surface area (Å²) in [7, 11) is 1.45. The van der Waals surface area contributed by atoms with Gasteiger partial charge in [-0.1, -0.05) is 11.6 Å². The average Bonchev–Trinajstić information content (AvgIpc) is 2.02. The van der Waals surface area contributed by atoms with E-state index < -0.39 is 0 Å². The van der Waals surface area contributed by atoms with Crippen LogP contribution in [0.3, 0.4) is 0 Å². The molecule has 0 aromatic carbocycles. The van der Waals surface area contributed by atoms with Gasteiger partial charge in [-0.15, -0.1) is 0 Å². The second-order valence-corrected chi connectivity index (χ2v) is 3.75. The van der Waals surface area contributed by atoms with E-state index >= 15 is 0 Å². The van der Waals surface area contributed by atoms with Crippen molar-refractivity contribution in [1.82, 2.24) is 0 Å². The molecule has 0 aromatic rings. The van der Waals surface area contributed by atoms with Gasteiger partial charge in [0.15, 0.2) is 0 Å². The number of hydrogen-bond donors (Lipinski definition) is 0. The molecule has 0 amide bonds. The number of carbonyl (C=O) groups excluding carboxylic acids is 1. The van der Waals surface area contributed by atoms with E-state index in [2.05, 4.69) is 6.92 Å². The Kier molecular flexibility index (Phi) is 2.55. The smallest absolute Gasteiger partial charge is 0.315 e. The minimum Gasteiger partial charge on any atom is -0.468 e. The molecular weight excluding hydrogens is 152 g/mol. The van der Waals surface area contributed by atoms with Gasteiger partial charge in [0.25, 0.3) is 0 Å². The first-order valence-electron chi connectivity index (χ1n) is 4.35. The highest BCUT2D eigenvalue weighted by Gasteiger charge is 2.33. The Morgan fingerprint density at radius 1 is 1.67 bits per heavy atom. The highest BCUT2D eigenvalue weighted by atomic mass is 16.5. The van der Waals surface area contributed by atoms with Crippen LogP contribution in [0, 0.1) is 5.41 Å². The van der Waals surface area contributed by atoms with Crippen molar-refractivity contribution >= 4 is 5.97 Å². The SMILES string of the molecule is COC(=O)[C@@]1(C)C=C(C)CCC1. The van der Waals surface area contributed by atoms with Crippen LogP contribution < -0.4 is 0 Å². The fraction of sp³-hybridized carbons (Fsp3) is 0.700. The predicted molar refractivity (Wildman–Crippen MR) is 47.7 cm³/mol. The van der Waals surface area contributed by atoms with Gasteiger partial charge < -0.3 is 4.74 Å². The van der Waals surface area contributed by atoms with Crippen molar-refractivity contribution in [3.05, 3.63) is 11.6 Å². The van der Waals surface area contributed by atoms with E-state index in [1.807, 2.05) is 13.0 Å². The second-order valence-electron chi connectivity index (χ2n) is 3.75. The Morgan fingerprint density at radius 2 is 2.33 bits per heavy atom. The predicted octanol–water partition coefficient (Wildman–Crippen LogP) is 2.30. The van der Waals surface area contributed by atoms with Gasteiger partial charge >= 0.3 is 5.97 Å². The zero-order valence-corrected chi connectivity index (χ0v) is 8.02. The first-order chi connectivity index (χ1) is 5.58. The lowest BCUT2D eigenvalue weighted by molar-refractivity contribution is -0.149. The third kappa shape index (κ3) is 1.68. The van der Waals surface area contributed by atoms with Crippen molar-refractivity contribution in [3.8, 4) is 0 Å². The molecule has 2 heteroatoms. The Labute approximate surface area is 73.6 Å². The molecule has 0 heterocycles. The Hall–Kier alpha value is -0.790. The average molecular weight is 168 g/mol. The zero-order valence-electron chi connectivity index (χ0n) is 8.02. The number of hydrogen-bond acceptors (Lipinski definition) is 2. The molecule has 0 aliphatic heterocycles. The third-order valence-electron chi connectivity index (χ3n) is 2.48. The molecule has 0 fully saturated rings. The molecule has 1 atom stereocenters. The largest absolute Gasteiger partial charge is 0.468 e. The summed E-state index contributed by atoms with van der Waals surface area (Å²) in [6.07, 6.45) is 5.17. The highest BCUT2D eigenvalue weighted by Crippen LogP contribution is 2.34. The van der Waals surface area contributed by atoms with Crippen molar-refractivity contribution < 1.29 is 9.53 Å². The van der Waals surface area contributed by atoms with Gasteiger partial charge in [0, 0.05) is 0 Å². The van der Waals surface area contributed by atoms with Crippen molar-refractivity contribution in [2.45, 2.75) is 33.1 Å². The van der Waals surface area contributed by atoms with Crippen LogP contribution in [-0.4, -0.2) is 13.1 Å². The summed E-state index contributed by atoms with van der Waals surface area (Å²) in [5, 5.41) is 0. The van der Waals surface area contributed by atoms with Gasteiger partial charge in [-0.2, -0.15) is 0 Å². The maximum atomic E-state index is 11.4. The molecule has 1 rings (SSSR count). The topological polar surface area (TPSA) is 26.3 Å². The van der Waals surface area contributed by atoms with Crippen LogP contribution in [0.1, 0.15) is 33.1 Å². The van der Waals surface area contributed by atoms with E-state index in [0.29, 0.717) is 0 Å². The van der Waals surface area contributed by atoms with Crippen LogP contribution in [-0.2, 0) is 9.53 Å². The van der Waals surface area contributed by atoms with E-state index in [0.717, 1.165) is 19.3 Å². The minimum absolute atomic E-state index is 0.110. The van der Waals surface area contributed by atoms with E-state index in [1.165, 1.54) is 12.7 Å². The molecule has 0 bridgehead atoms. The normalized spacial score (nSPS) is 29.4. The number of methoxy groups -OCH3 is 1. The first kappa shape index (κ1) is 9.30. The van der Waals surface area contributed by atoms with Crippen LogP contribution in [0.25, 0.3) is 0 Å². The second kappa shape index (κ2) is 3.30. The van der Waals surface area contributed by atoms with Crippen molar-refractivity contribution in [2.24, 2.45) is 5.41 Å². The molecule has 0 saturated carbocycles. The number of esters is 1. The van der Waals surface area contributed by atoms with E-state index in [-0.39, 0.29) is 11.4 Å². The molecule has 0 aromatic heterocycles. The van der Waals surface area contributed by atoms with E-state index in [4.69, 9.17) is 4.74 Å². The number of rotatable bonds is 1. The quantitative estimate of drug-likeness (QED) is 0.443. The van der Waals surface area contributed by atoms with Gasteiger partial charge in [-0.3, -0.25) is 4.79 Å². The molecule has 1 aliphatic carbocycles. The van der Waals surface area contributed by atoms with Crippen molar-refractivity contribution in [3.63, 3.8) is 0 Å². The van der Waals surface area contributed by atoms with Crippen LogP contribution >= 0.6 is 0 Å². The highest BCUT2D eigenvalue weighted by molar-refractivity contribution is 5.78. The summed E-state index contributed by atoms with van der Waals surface area (Å²) in [5.74, 6) is -0.110. The standard InChI is InChI=1S/C10H16O2/c1-8-5-4-6-10(2,7-8)9(11)12-3/h7H,4-6H2,1-3H3/t10-/m1/s1. The van der Waals surface area contributed by atoms with Gasteiger partial charge in [0.05, 0.1) is 12.5 Å². The maximum Gasteiger partial charge on any atom is 0.315 e. The van der Waals surface area contributed by atoms with Crippen LogP contribution in [0.2, 0.25) is 0 Å². The van der Waals surface area contributed by atoms with Crippen LogP contribution in [0.15, 0.2) is 11.6 Å². The molecule has 0 spiro atoms. The van der Waals surface area contributed by atoms with Crippen LogP contribution in [0.5, 0.6) is 0 Å². The minimum atomic E-state index is -0.364. The summed E-state index contributed by atoms with van der Waals surface area (Å²) in [5.41, 5.74) is 0.936. The fourth-order valence-corrected chi connectivity index (χ4v) is 1.82. The van der Waals surface area contributed by atoms with Crippen molar-refractivity contribution in [1.29, 1.82) is 0 Å². The number of ether oxygens (including phenoxy) is 1. The molecule has 0 radical (unpaired) electrons. The molecule has 0 saturated heterocycles. The van der Waals surface area contributed by atoms with E-state index in [9.17, 15) is 4.79 Å². The molecule has 1 aliphatic rings. The van der Waals surface area contributed by atoms with Crippen LogP contribution in [0.4, 0.5) is 0 Å². The molecule has 0 unspecified atom stereocenters. The Morgan fingerprint density at radius 3 is 2.83 bits per heavy atom. The monoisotopic (exact) mass is 168 g/mol. The van der Waals surface area contributed by atoms with Crippen molar-refractivity contribution in [2.75, 3.05) is 7.11 Å². The summed E-state index contributed by atoms with van der Waals surface area (Å²) in [4.78, 5) is 11.4. The molecule has 12 heavy (non-hydrogen) atoms. The fourth-order valence-electron chi connectivity index (χ4n) is 1.82. The number of carbonyl (C=O) groups is 1. The molecule has 2 nitrogen and oxygen atoms in total. The zero-order chi connectivity index (χ0) is 9.19. The lowest BCUT2D eigenvalue weighted by Gasteiger charge is -2.27. The lowest BCUT2D eigenvalue weighted by atomic mass is 9.78. The first-order valence-corrected chi connectivity index (χ1v) is 4.35. The number of allylic oxidation sites excluding steroid dienone is 1. The van der Waals surface area contributed by atoms with Gasteiger partial charge in [0.1, 0.15) is 0 Å². The third-order valence-corrected chi connectivity index (χ3v) is 2.48. The maximum absolute atomic E-state index is 11.4. The summed E-state index contributed by atoms with van der Waals surface area (Å²) in [6, 6.07) is 0. The summed E-state index contributed by atoms with van der Waals surface area (Å²) >= 11 is 0. The Bertz CT molecular complexity index is 218. The molecular formula is C10H16O2. The van der Waals surface area contributed by atoms with E-state index in [1.54, 1.807) is 0 Å². The summed E-state index contributed by atoms with van der Waals surface area (Å²) in [6.45, 7) is 4.02. The van der Waals surface area contributed by atoms with Gasteiger partial charge in [-0.25, -0.2) is 0 Å².